The van der Waals surface area contributed by atoms with E-state index < -0.39 is 0 Å². The molecule has 0 fully saturated rings. The number of aromatic nitrogens is 4. The summed E-state index contributed by atoms with van der Waals surface area (Å²) in [5, 5.41) is 0. The number of hydrogen-bond acceptors (Lipinski definition) is 2. The Morgan fingerprint density at radius 2 is 1.26 bits per heavy atom. The second kappa shape index (κ2) is 5.92. The molecule has 2 aromatic heterocycles. The molecule has 0 saturated heterocycles. The predicted molar refractivity (Wildman–Crippen MR) is 95.0 cm³/mol. The first-order valence-corrected chi connectivity index (χ1v) is 7.78. The molecule has 6 nitrogen and oxygen atoms in total. The quantitative estimate of drug-likeness (QED) is 0.380. The van der Waals surface area contributed by atoms with Crippen LogP contribution in [-0.2, 0) is 0 Å². The highest BCUT2D eigenvalue weighted by molar-refractivity contribution is 9.10. The van der Waals surface area contributed by atoms with E-state index in [4.69, 9.17) is 0 Å². The van der Waals surface area contributed by atoms with E-state index in [9.17, 15) is 9.59 Å². The van der Waals surface area contributed by atoms with Gasteiger partial charge in [-0.3, -0.25) is 0 Å². The van der Waals surface area contributed by atoms with Crippen LogP contribution >= 0.6 is 15.9 Å². The topological polar surface area (TPSA) is 97.3 Å². The third kappa shape index (κ3) is 3.29. The van der Waals surface area contributed by atoms with Crippen LogP contribution in [0.25, 0.3) is 22.1 Å². The van der Waals surface area contributed by atoms with Crippen molar-refractivity contribution in [3.63, 3.8) is 0 Å². The lowest BCUT2D eigenvalue weighted by atomic mass is 10.2. The van der Waals surface area contributed by atoms with Gasteiger partial charge in [0.1, 0.15) is 0 Å². The van der Waals surface area contributed by atoms with Crippen molar-refractivity contribution < 1.29 is 0 Å². The molecule has 7 heteroatoms. The van der Waals surface area contributed by atoms with Gasteiger partial charge in [0.15, 0.2) is 0 Å². The van der Waals surface area contributed by atoms with Crippen molar-refractivity contribution in [1.29, 1.82) is 0 Å². The highest BCUT2D eigenvalue weighted by Gasteiger charge is 2.00. The molecule has 0 radical (unpaired) electrons. The van der Waals surface area contributed by atoms with E-state index in [-0.39, 0.29) is 11.4 Å². The first kappa shape index (κ1) is 15.4. The minimum atomic E-state index is -0.164. The minimum absolute atomic E-state index is 0.148. The second-order valence-corrected chi connectivity index (χ2v) is 6.21. The van der Waals surface area contributed by atoms with E-state index in [0.717, 1.165) is 37.7 Å². The van der Waals surface area contributed by atoms with E-state index in [1.54, 1.807) is 0 Å². The number of rotatable bonds is 0. The summed E-state index contributed by atoms with van der Waals surface area (Å²) in [5.74, 6) is 0. The largest absolute Gasteiger partial charge is 0.323 e. The summed E-state index contributed by atoms with van der Waals surface area (Å²) in [6, 6.07) is 9.61. The van der Waals surface area contributed by atoms with Gasteiger partial charge in [-0.25, -0.2) is 9.59 Å². The fourth-order valence-electron chi connectivity index (χ4n) is 2.31. The molecule has 0 aliphatic carbocycles. The minimum Gasteiger partial charge on any atom is -0.306 e. The molecule has 0 saturated carbocycles. The Morgan fingerprint density at radius 3 is 1.91 bits per heavy atom. The zero-order chi connectivity index (χ0) is 16.6. The van der Waals surface area contributed by atoms with Gasteiger partial charge in [-0.05, 0) is 49.2 Å². The van der Waals surface area contributed by atoms with Crippen molar-refractivity contribution >= 4 is 38.0 Å². The van der Waals surface area contributed by atoms with Crippen molar-refractivity contribution in [3.8, 4) is 0 Å². The molecule has 4 aromatic rings. The van der Waals surface area contributed by atoms with Crippen LogP contribution in [0.15, 0.2) is 44.4 Å². The molecule has 0 unspecified atom stereocenters. The number of aryl methyl sites for hydroxylation is 2. The predicted octanol–water partition coefficient (Wildman–Crippen LogP) is 3.09. The fourth-order valence-corrected chi connectivity index (χ4v) is 2.65. The lowest BCUT2D eigenvalue weighted by molar-refractivity contribution is 1.21. The second-order valence-electron chi connectivity index (χ2n) is 5.35. The maximum atomic E-state index is 10.9. The monoisotopic (exact) mass is 374 g/mol. The average Bonchev–Trinajstić information content (AvgIpc) is 3.00. The summed E-state index contributed by atoms with van der Waals surface area (Å²) < 4.78 is 1.00. The molecule has 0 spiro atoms. The molecular formula is C16H15BrN4O2. The maximum Gasteiger partial charge on any atom is 0.323 e. The van der Waals surface area contributed by atoms with Crippen LogP contribution in [0.4, 0.5) is 0 Å². The number of fused-ring (bicyclic) bond motifs is 2. The summed E-state index contributed by atoms with van der Waals surface area (Å²) >= 11 is 3.39. The molecule has 0 amide bonds. The summed E-state index contributed by atoms with van der Waals surface area (Å²) in [4.78, 5) is 32.4. The molecule has 23 heavy (non-hydrogen) atoms. The van der Waals surface area contributed by atoms with Crippen molar-refractivity contribution in [2.24, 2.45) is 0 Å². The van der Waals surface area contributed by atoms with Crippen molar-refractivity contribution in [3.05, 3.63) is 66.9 Å². The first-order valence-electron chi connectivity index (χ1n) is 6.99. The van der Waals surface area contributed by atoms with Crippen molar-refractivity contribution in [1.82, 2.24) is 19.9 Å². The molecule has 4 rings (SSSR count). The summed E-state index contributed by atoms with van der Waals surface area (Å²) in [5.41, 5.74) is 5.35. The number of H-pyrrole nitrogens is 4. The van der Waals surface area contributed by atoms with Crippen LogP contribution in [-0.4, -0.2) is 19.9 Å². The molecule has 118 valence electrons. The van der Waals surface area contributed by atoms with Crippen LogP contribution < -0.4 is 11.4 Å². The van der Waals surface area contributed by atoms with Gasteiger partial charge in [0, 0.05) is 4.47 Å². The summed E-state index contributed by atoms with van der Waals surface area (Å²) in [6.45, 7) is 3.97. The van der Waals surface area contributed by atoms with Gasteiger partial charge in [0.2, 0.25) is 0 Å². The Morgan fingerprint density at radius 1 is 0.739 bits per heavy atom. The van der Waals surface area contributed by atoms with E-state index in [1.165, 1.54) is 0 Å². The normalized spacial score (nSPS) is 10.7. The molecule has 0 aliphatic heterocycles. The van der Waals surface area contributed by atoms with Crippen LogP contribution in [0.1, 0.15) is 11.1 Å². The Bertz CT molecular complexity index is 1060. The lowest BCUT2D eigenvalue weighted by Gasteiger charge is -1.95. The fraction of sp³-hybridized carbons (Fsp3) is 0.125. The van der Waals surface area contributed by atoms with Gasteiger partial charge < -0.3 is 19.9 Å². The Balaban J connectivity index is 0.000000136. The highest BCUT2D eigenvalue weighted by Crippen LogP contribution is 2.20. The average molecular weight is 375 g/mol. The highest BCUT2D eigenvalue weighted by atomic mass is 79.9. The standard InChI is InChI=1S/C8H7BrN2O.C8H8N2O/c1-4-2-6-7(3-5(4)9)11-8(12)10-6;1-5-2-3-6-7(4-5)10-8(11)9-6/h2-3H,1H3,(H2,10,11,12);2-4H,1H3,(H2,9,10,11). The van der Waals surface area contributed by atoms with Gasteiger partial charge in [0.25, 0.3) is 0 Å². The third-order valence-electron chi connectivity index (χ3n) is 3.47. The van der Waals surface area contributed by atoms with Gasteiger partial charge >= 0.3 is 11.4 Å². The Kier molecular flexibility index (Phi) is 3.96. The first-order chi connectivity index (χ1) is 10.9. The zero-order valence-electron chi connectivity index (χ0n) is 12.6. The van der Waals surface area contributed by atoms with Gasteiger partial charge in [0.05, 0.1) is 22.1 Å². The van der Waals surface area contributed by atoms with Gasteiger partial charge in [-0.2, -0.15) is 0 Å². The number of hydrogen-bond donors (Lipinski definition) is 4. The number of benzene rings is 2. The van der Waals surface area contributed by atoms with Crippen LogP contribution in [0, 0.1) is 13.8 Å². The molecule has 0 bridgehead atoms. The third-order valence-corrected chi connectivity index (χ3v) is 4.32. The number of imidazole rings is 2. The zero-order valence-corrected chi connectivity index (χ0v) is 14.2. The molecule has 0 aliphatic rings. The molecule has 2 aromatic carbocycles. The van der Waals surface area contributed by atoms with Crippen LogP contribution in [0.5, 0.6) is 0 Å². The summed E-state index contributed by atoms with van der Waals surface area (Å²) in [6.07, 6.45) is 0. The number of aromatic amines is 4. The van der Waals surface area contributed by atoms with E-state index in [0.29, 0.717) is 0 Å². The molecule has 0 atom stereocenters. The SMILES string of the molecule is Cc1cc2[nH]c(=O)[nH]c2cc1Br.Cc1ccc2[nH]c(=O)[nH]c2c1. The van der Waals surface area contributed by atoms with Crippen molar-refractivity contribution in [2.75, 3.05) is 0 Å². The van der Waals surface area contributed by atoms with E-state index in [1.807, 2.05) is 44.2 Å². The molecule has 4 N–H and O–H groups in total. The maximum absolute atomic E-state index is 10.9. The van der Waals surface area contributed by atoms with Gasteiger partial charge in [-0.15, -0.1) is 0 Å². The lowest BCUT2D eigenvalue weighted by Crippen LogP contribution is -1.99. The van der Waals surface area contributed by atoms with Crippen molar-refractivity contribution in [2.45, 2.75) is 13.8 Å². The van der Waals surface area contributed by atoms with Gasteiger partial charge in [-0.1, -0.05) is 22.0 Å². The van der Waals surface area contributed by atoms with E-state index in [2.05, 4.69) is 35.9 Å². The van der Waals surface area contributed by atoms with Crippen LogP contribution in [0.3, 0.4) is 0 Å². The molecular weight excluding hydrogens is 360 g/mol. The molecule has 2 heterocycles. The Labute approximate surface area is 139 Å². The smallest absolute Gasteiger partial charge is 0.306 e. The Hall–Kier alpha value is -2.54. The summed E-state index contributed by atoms with van der Waals surface area (Å²) in [7, 11) is 0. The number of nitrogens with one attached hydrogen (secondary N) is 4. The number of halogens is 1. The van der Waals surface area contributed by atoms with Crippen LogP contribution in [0.2, 0.25) is 0 Å². The van der Waals surface area contributed by atoms with E-state index >= 15 is 0 Å².